The van der Waals surface area contributed by atoms with Crippen molar-refractivity contribution in [2.45, 2.75) is 46.1 Å². The average Bonchev–Trinajstić information content (AvgIpc) is 3.11. The summed E-state index contributed by atoms with van der Waals surface area (Å²) in [5.74, 6) is 0. The van der Waals surface area contributed by atoms with E-state index in [-0.39, 0.29) is 5.54 Å². The van der Waals surface area contributed by atoms with Crippen molar-refractivity contribution in [3.05, 3.63) is 29.3 Å². The summed E-state index contributed by atoms with van der Waals surface area (Å²) < 4.78 is 0. The van der Waals surface area contributed by atoms with Gasteiger partial charge in [0.1, 0.15) is 0 Å². The van der Waals surface area contributed by atoms with E-state index in [4.69, 9.17) is 0 Å². The molecule has 2 aliphatic rings. The van der Waals surface area contributed by atoms with Crippen LogP contribution in [-0.4, -0.2) is 25.2 Å². The summed E-state index contributed by atoms with van der Waals surface area (Å²) in [5, 5.41) is 3.67. The Bertz CT molecular complexity index is 486. The third-order valence-corrected chi connectivity index (χ3v) is 5.04. The van der Waals surface area contributed by atoms with E-state index in [1.807, 2.05) is 0 Å². The number of hydrogen-bond acceptors (Lipinski definition) is 2. The summed E-state index contributed by atoms with van der Waals surface area (Å²) in [6.07, 6.45) is 2.77. The highest BCUT2D eigenvalue weighted by molar-refractivity contribution is 5.53. The SMILES string of the molecule is Cc1ccc(N2CC3(CC3)CNCC2(C)C)cc1C. The molecule has 2 nitrogen and oxygen atoms in total. The Kier molecular flexibility index (Phi) is 2.90. The lowest BCUT2D eigenvalue weighted by Gasteiger charge is -2.40. The van der Waals surface area contributed by atoms with Crippen LogP contribution in [0.5, 0.6) is 0 Å². The van der Waals surface area contributed by atoms with Crippen molar-refractivity contribution < 1.29 is 0 Å². The summed E-state index contributed by atoms with van der Waals surface area (Å²) in [6, 6.07) is 6.92. The summed E-state index contributed by atoms with van der Waals surface area (Å²) in [6.45, 7) is 12.6. The molecule has 1 heterocycles. The van der Waals surface area contributed by atoms with Crippen LogP contribution in [0.15, 0.2) is 18.2 Å². The van der Waals surface area contributed by atoms with Crippen LogP contribution in [0.25, 0.3) is 0 Å². The largest absolute Gasteiger partial charge is 0.365 e. The first kappa shape index (κ1) is 13.0. The van der Waals surface area contributed by atoms with Crippen molar-refractivity contribution in [2.75, 3.05) is 24.5 Å². The predicted molar refractivity (Wildman–Crippen MR) is 81.9 cm³/mol. The van der Waals surface area contributed by atoms with E-state index < -0.39 is 0 Å². The van der Waals surface area contributed by atoms with Crippen LogP contribution in [0.1, 0.15) is 37.8 Å². The van der Waals surface area contributed by atoms with Crippen LogP contribution in [0.2, 0.25) is 0 Å². The fourth-order valence-electron chi connectivity index (χ4n) is 3.18. The molecule has 1 N–H and O–H groups in total. The Morgan fingerprint density at radius 2 is 1.79 bits per heavy atom. The number of aryl methyl sites for hydroxylation is 2. The third-order valence-electron chi connectivity index (χ3n) is 5.04. The average molecular weight is 258 g/mol. The molecule has 0 radical (unpaired) electrons. The maximum atomic E-state index is 3.67. The second kappa shape index (κ2) is 4.24. The maximum absolute atomic E-state index is 3.67. The van der Waals surface area contributed by atoms with Gasteiger partial charge in [0, 0.05) is 36.3 Å². The number of anilines is 1. The second-order valence-corrected chi connectivity index (χ2v) is 7.27. The molecule has 2 fully saturated rings. The molecule has 1 aromatic rings. The predicted octanol–water partition coefficient (Wildman–Crippen LogP) is 3.27. The van der Waals surface area contributed by atoms with Gasteiger partial charge in [0.15, 0.2) is 0 Å². The van der Waals surface area contributed by atoms with E-state index in [1.54, 1.807) is 0 Å². The number of benzene rings is 1. The maximum Gasteiger partial charge on any atom is 0.0470 e. The highest BCUT2D eigenvalue weighted by Crippen LogP contribution is 2.48. The van der Waals surface area contributed by atoms with E-state index in [0.717, 1.165) is 6.54 Å². The van der Waals surface area contributed by atoms with Gasteiger partial charge in [0.05, 0.1) is 0 Å². The zero-order valence-electron chi connectivity index (χ0n) is 12.7. The van der Waals surface area contributed by atoms with Gasteiger partial charge in [-0.3, -0.25) is 0 Å². The first-order chi connectivity index (χ1) is 8.92. The Labute approximate surface area is 117 Å². The van der Waals surface area contributed by atoms with Crippen LogP contribution < -0.4 is 10.2 Å². The molecule has 104 valence electrons. The fourth-order valence-corrected chi connectivity index (χ4v) is 3.18. The zero-order valence-corrected chi connectivity index (χ0v) is 12.7. The molecule has 3 rings (SSSR count). The molecule has 1 spiro atoms. The van der Waals surface area contributed by atoms with Crippen molar-refractivity contribution >= 4 is 5.69 Å². The Morgan fingerprint density at radius 3 is 2.42 bits per heavy atom. The van der Waals surface area contributed by atoms with E-state index in [0.29, 0.717) is 5.41 Å². The monoisotopic (exact) mass is 258 g/mol. The van der Waals surface area contributed by atoms with Gasteiger partial charge in [0.25, 0.3) is 0 Å². The molecule has 0 unspecified atom stereocenters. The van der Waals surface area contributed by atoms with Gasteiger partial charge in [-0.05, 0) is 63.8 Å². The van der Waals surface area contributed by atoms with Crippen LogP contribution in [0.3, 0.4) is 0 Å². The molecule has 1 aliphatic carbocycles. The molecule has 0 amide bonds. The topological polar surface area (TPSA) is 15.3 Å². The quantitative estimate of drug-likeness (QED) is 0.831. The molecular weight excluding hydrogens is 232 g/mol. The van der Waals surface area contributed by atoms with Gasteiger partial charge in [0.2, 0.25) is 0 Å². The molecule has 1 aliphatic heterocycles. The van der Waals surface area contributed by atoms with Gasteiger partial charge in [-0.15, -0.1) is 0 Å². The smallest absolute Gasteiger partial charge is 0.0470 e. The molecule has 0 aromatic heterocycles. The molecule has 1 aromatic carbocycles. The van der Waals surface area contributed by atoms with E-state index in [2.05, 4.69) is 56.1 Å². The number of hydrogen-bond donors (Lipinski definition) is 1. The molecule has 2 heteroatoms. The Balaban J connectivity index is 1.96. The van der Waals surface area contributed by atoms with Gasteiger partial charge >= 0.3 is 0 Å². The summed E-state index contributed by atoms with van der Waals surface area (Å²) >= 11 is 0. The van der Waals surface area contributed by atoms with E-state index in [9.17, 15) is 0 Å². The lowest BCUT2D eigenvalue weighted by Crippen LogP contribution is -2.49. The Morgan fingerprint density at radius 1 is 1.05 bits per heavy atom. The van der Waals surface area contributed by atoms with Crippen LogP contribution in [0.4, 0.5) is 5.69 Å². The highest BCUT2D eigenvalue weighted by atomic mass is 15.2. The normalized spacial score (nSPS) is 24.3. The number of nitrogens with zero attached hydrogens (tertiary/aromatic N) is 1. The van der Waals surface area contributed by atoms with Crippen LogP contribution in [0, 0.1) is 19.3 Å². The van der Waals surface area contributed by atoms with Gasteiger partial charge in [-0.1, -0.05) is 6.07 Å². The summed E-state index contributed by atoms with van der Waals surface area (Å²) in [7, 11) is 0. The fraction of sp³-hybridized carbons (Fsp3) is 0.647. The first-order valence-corrected chi connectivity index (χ1v) is 7.48. The Hall–Kier alpha value is -1.02. The highest BCUT2D eigenvalue weighted by Gasteiger charge is 2.48. The first-order valence-electron chi connectivity index (χ1n) is 7.48. The van der Waals surface area contributed by atoms with Crippen molar-refractivity contribution in [3.63, 3.8) is 0 Å². The molecule has 1 saturated carbocycles. The minimum absolute atomic E-state index is 0.188. The van der Waals surface area contributed by atoms with Crippen LogP contribution >= 0.6 is 0 Å². The molecule has 0 bridgehead atoms. The van der Waals surface area contributed by atoms with E-state index >= 15 is 0 Å². The third kappa shape index (κ3) is 2.38. The van der Waals surface area contributed by atoms with Gasteiger partial charge in [-0.25, -0.2) is 0 Å². The molecule has 1 saturated heterocycles. The lowest BCUT2D eigenvalue weighted by atomic mass is 9.98. The number of rotatable bonds is 1. The molecular formula is C17H26N2. The summed E-state index contributed by atoms with van der Waals surface area (Å²) in [4.78, 5) is 2.63. The van der Waals surface area contributed by atoms with Crippen molar-refractivity contribution in [3.8, 4) is 0 Å². The van der Waals surface area contributed by atoms with Crippen molar-refractivity contribution in [1.82, 2.24) is 5.32 Å². The number of nitrogens with one attached hydrogen (secondary N) is 1. The van der Waals surface area contributed by atoms with Gasteiger partial charge < -0.3 is 10.2 Å². The lowest BCUT2D eigenvalue weighted by molar-refractivity contribution is 0.456. The summed E-state index contributed by atoms with van der Waals surface area (Å²) in [5.41, 5.74) is 4.91. The molecule has 19 heavy (non-hydrogen) atoms. The van der Waals surface area contributed by atoms with Gasteiger partial charge in [-0.2, -0.15) is 0 Å². The zero-order chi connectivity index (χ0) is 13.7. The molecule has 0 atom stereocenters. The second-order valence-electron chi connectivity index (χ2n) is 7.27. The minimum Gasteiger partial charge on any atom is -0.365 e. The van der Waals surface area contributed by atoms with E-state index in [1.165, 1.54) is 42.7 Å². The standard InChI is InChI=1S/C17H26N2/c1-13-5-6-15(9-14(13)2)19-12-17(7-8-17)11-18-10-16(19,3)4/h5-6,9,18H,7-8,10-12H2,1-4H3. The minimum atomic E-state index is 0.188. The van der Waals surface area contributed by atoms with Crippen molar-refractivity contribution in [2.24, 2.45) is 5.41 Å². The van der Waals surface area contributed by atoms with Crippen molar-refractivity contribution in [1.29, 1.82) is 0 Å². The van der Waals surface area contributed by atoms with Crippen LogP contribution in [-0.2, 0) is 0 Å².